The predicted octanol–water partition coefficient (Wildman–Crippen LogP) is 2.42. The van der Waals surface area contributed by atoms with E-state index in [1.165, 1.54) is 11.3 Å². The maximum absolute atomic E-state index is 12.5. The summed E-state index contributed by atoms with van der Waals surface area (Å²) in [7, 11) is -3.27. The largest absolute Gasteiger partial charge is 0.313 e. The van der Waals surface area contributed by atoms with Crippen molar-refractivity contribution in [1.29, 1.82) is 0 Å². The van der Waals surface area contributed by atoms with Crippen molar-refractivity contribution in [3.05, 3.63) is 17.0 Å². The first-order valence-corrected chi connectivity index (χ1v) is 9.25. The third kappa shape index (κ3) is 3.78. The van der Waals surface area contributed by atoms with E-state index in [1.54, 1.807) is 4.31 Å². The van der Waals surface area contributed by atoms with E-state index in [-0.39, 0.29) is 0 Å². The SMILES string of the molecule is CCNCc1csc(S(=O)(=O)N2CCCCCC2)c1. The van der Waals surface area contributed by atoms with Crippen molar-refractivity contribution >= 4 is 21.4 Å². The van der Waals surface area contributed by atoms with E-state index >= 15 is 0 Å². The van der Waals surface area contributed by atoms with E-state index in [0.717, 1.165) is 44.3 Å². The van der Waals surface area contributed by atoms with Crippen LogP contribution in [0.15, 0.2) is 15.7 Å². The average molecular weight is 302 g/mol. The fourth-order valence-electron chi connectivity index (χ4n) is 2.26. The lowest BCUT2D eigenvalue weighted by atomic mass is 10.2. The van der Waals surface area contributed by atoms with Gasteiger partial charge in [0.1, 0.15) is 4.21 Å². The van der Waals surface area contributed by atoms with Crippen LogP contribution < -0.4 is 5.32 Å². The highest BCUT2D eigenvalue weighted by Gasteiger charge is 2.26. The number of hydrogen-bond donors (Lipinski definition) is 1. The van der Waals surface area contributed by atoms with Crippen molar-refractivity contribution in [3.8, 4) is 0 Å². The third-order valence-corrected chi connectivity index (χ3v) is 6.73. The molecule has 1 saturated heterocycles. The number of thiophene rings is 1. The Morgan fingerprint density at radius 2 is 1.95 bits per heavy atom. The van der Waals surface area contributed by atoms with E-state index in [4.69, 9.17) is 0 Å². The van der Waals surface area contributed by atoms with Crippen LogP contribution >= 0.6 is 11.3 Å². The molecule has 6 heteroatoms. The molecule has 0 amide bonds. The highest BCUT2D eigenvalue weighted by molar-refractivity contribution is 7.91. The molecule has 1 N–H and O–H groups in total. The third-order valence-electron chi connectivity index (χ3n) is 3.37. The molecule has 0 saturated carbocycles. The lowest BCUT2D eigenvalue weighted by Gasteiger charge is -2.18. The van der Waals surface area contributed by atoms with E-state index in [1.807, 2.05) is 18.4 Å². The second kappa shape index (κ2) is 6.83. The minimum Gasteiger partial charge on any atom is -0.313 e. The van der Waals surface area contributed by atoms with Crippen LogP contribution in [0.3, 0.4) is 0 Å². The van der Waals surface area contributed by atoms with Crippen LogP contribution in [-0.2, 0) is 16.6 Å². The Balaban J connectivity index is 2.11. The maximum atomic E-state index is 12.5. The second-order valence-corrected chi connectivity index (χ2v) is 7.95. The van der Waals surface area contributed by atoms with Crippen LogP contribution in [-0.4, -0.2) is 32.4 Å². The lowest BCUT2D eigenvalue weighted by molar-refractivity contribution is 0.425. The van der Waals surface area contributed by atoms with Crippen molar-refractivity contribution in [2.24, 2.45) is 0 Å². The van der Waals surface area contributed by atoms with Gasteiger partial charge >= 0.3 is 0 Å². The summed E-state index contributed by atoms with van der Waals surface area (Å²) in [5.74, 6) is 0. The summed E-state index contributed by atoms with van der Waals surface area (Å²) in [6.45, 7) is 5.01. The maximum Gasteiger partial charge on any atom is 0.252 e. The van der Waals surface area contributed by atoms with Gasteiger partial charge in [-0.05, 0) is 36.4 Å². The molecule has 0 aromatic carbocycles. The molecular formula is C13H22N2O2S2. The molecular weight excluding hydrogens is 280 g/mol. The van der Waals surface area contributed by atoms with E-state index in [2.05, 4.69) is 5.32 Å². The summed E-state index contributed by atoms with van der Waals surface area (Å²) in [4.78, 5) is 0. The zero-order chi connectivity index (χ0) is 13.7. The molecule has 0 atom stereocenters. The van der Waals surface area contributed by atoms with Crippen molar-refractivity contribution in [2.75, 3.05) is 19.6 Å². The molecule has 1 aromatic rings. The molecule has 19 heavy (non-hydrogen) atoms. The first-order valence-electron chi connectivity index (χ1n) is 6.93. The van der Waals surface area contributed by atoms with Gasteiger partial charge in [0.25, 0.3) is 10.0 Å². The quantitative estimate of drug-likeness (QED) is 0.909. The van der Waals surface area contributed by atoms with Gasteiger partial charge in [0, 0.05) is 19.6 Å². The van der Waals surface area contributed by atoms with Crippen LogP contribution in [0, 0.1) is 0 Å². The lowest BCUT2D eigenvalue weighted by Crippen LogP contribution is -2.31. The van der Waals surface area contributed by atoms with Gasteiger partial charge in [-0.25, -0.2) is 8.42 Å². The number of hydrogen-bond acceptors (Lipinski definition) is 4. The Labute approximate surface area is 119 Å². The summed E-state index contributed by atoms with van der Waals surface area (Å²) in [5, 5.41) is 5.15. The highest BCUT2D eigenvalue weighted by Crippen LogP contribution is 2.25. The first kappa shape index (κ1) is 15.0. The van der Waals surface area contributed by atoms with Crippen LogP contribution in [0.1, 0.15) is 38.2 Å². The van der Waals surface area contributed by atoms with Gasteiger partial charge in [0.2, 0.25) is 0 Å². The fourth-order valence-corrected chi connectivity index (χ4v) is 5.14. The fraction of sp³-hybridized carbons (Fsp3) is 0.692. The summed E-state index contributed by atoms with van der Waals surface area (Å²) < 4.78 is 27.2. The molecule has 1 aliphatic rings. The van der Waals surface area contributed by atoms with Gasteiger partial charge in [0.15, 0.2) is 0 Å². The first-order chi connectivity index (χ1) is 9.14. The number of sulfonamides is 1. The normalized spacial score (nSPS) is 18.4. The summed E-state index contributed by atoms with van der Waals surface area (Å²) in [5.41, 5.74) is 1.06. The molecule has 4 nitrogen and oxygen atoms in total. The van der Waals surface area contributed by atoms with E-state index < -0.39 is 10.0 Å². The Kier molecular flexibility index (Phi) is 5.38. The van der Waals surface area contributed by atoms with E-state index in [9.17, 15) is 8.42 Å². The van der Waals surface area contributed by atoms with Gasteiger partial charge in [-0.1, -0.05) is 19.8 Å². The molecule has 0 bridgehead atoms. The van der Waals surface area contributed by atoms with Crippen molar-refractivity contribution in [2.45, 2.75) is 43.4 Å². The van der Waals surface area contributed by atoms with Gasteiger partial charge in [-0.2, -0.15) is 4.31 Å². The average Bonchev–Trinajstić information content (AvgIpc) is 2.70. The molecule has 108 valence electrons. The molecule has 1 aliphatic heterocycles. The Morgan fingerprint density at radius 3 is 2.58 bits per heavy atom. The Hall–Kier alpha value is -0.430. The minimum atomic E-state index is -3.27. The molecule has 1 aromatic heterocycles. The van der Waals surface area contributed by atoms with Gasteiger partial charge in [-0.3, -0.25) is 0 Å². The number of nitrogens with one attached hydrogen (secondary N) is 1. The van der Waals surface area contributed by atoms with Crippen molar-refractivity contribution in [1.82, 2.24) is 9.62 Å². The number of rotatable bonds is 5. The molecule has 0 unspecified atom stereocenters. The molecule has 2 rings (SSSR count). The minimum absolute atomic E-state index is 0.488. The number of nitrogens with zero attached hydrogens (tertiary/aromatic N) is 1. The topological polar surface area (TPSA) is 49.4 Å². The van der Waals surface area contributed by atoms with Crippen molar-refractivity contribution in [3.63, 3.8) is 0 Å². The Bertz CT molecular complexity index is 488. The van der Waals surface area contributed by atoms with Gasteiger partial charge in [0.05, 0.1) is 0 Å². The van der Waals surface area contributed by atoms with Gasteiger partial charge in [-0.15, -0.1) is 11.3 Å². The standard InChI is InChI=1S/C13H22N2O2S2/c1-2-14-10-12-9-13(18-11-12)19(16,17)15-7-5-3-4-6-8-15/h9,11,14H,2-8,10H2,1H3. The molecule has 0 aliphatic carbocycles. The highest BCUT2D eigenvalue weighted by atomic mass is 32.2. The molecule has 2 heterocycles. The van der Waals surface area contributed by atoms with Crippen LogP contribution in [0.5, 0.6) is 0 Å². The zero-order valence-corrected chi connectivity index (χ0v) is 13.0. The van der Waals surface area contributed by atoms with Crippen LogP contribution in [0.25, 0.3) is 0 Å². The molecule has 0 radical (unpaired) electrons. The van der Waals surface area contributed by atoms with Crippen LogP contribution in [0.4, 0.5) is 0 Å². The summed E-state index contributed by atoms with van der Waals surface area (Å²) >= 11 is 1.34. The monoisotopic (exact) mass is 302 g/mol. The smallest absolute Gasteiger partial charge is 0.252 e. The van der Waals surface area contributed by atoms with E-state index in [0.29, 0.717) is 17.3 Å². The van der Waals surface area contributed by atoms with Crippen molar-refractivity contribution < 1.29 is 8.42 Å². The molecule has 0 spiro atoms. The van der Waals surface area contributed by atoms with Crippen LogP contribution in [0.2, 0.25) is 0 Å². The summed E-state index contributed by atoms with van der Waals surface area (Å²) in [6, 6.07) is 1.81. The second-order valence-electron chi connectivity index (χ2n) is 4.87. The molecule has 1 fully saturated rings. The van der Waals surface area contributed by atoms with Gasteiger partial charge < -0.3 is 5.32 Å². The summed E-state index contributed by atoms with van der Waals surface area (Å²) in [6.07, 6.45) is 4.24. The predicted molar refractivity (Wildman–Crippen MR) is 78.9 cm³/mol. The Morgan fingerprint density at radius 1 is 1.26 bits per heavy atom. The zero-order valence-electron chi connectivity index (χ0n) is 11.4.